The van der Waals surface area contributed by atoms with Crippen LogP contribution < -0.4 is 16.0 Å². The van der Waals surface area contributed by atoms with E-state index in [1.807, 2.05) is 6.92 Å². The largest absolute Gasteiger partial charge is 0.326 e. The van der Waals surface area contributed by atoms with E-state index in [1.54, 1.807) is 18.2 Å². The van der Waals surface area contributed by atoms with E-state index in [1.165, 1.54) is 6.92 Å². The van der Waals surface area contributed by atoms with E-state index < -0.39 is 0 Å². The zero-order valence-electron chi connectivity index (χ0n) is 11.5. The maximum atomic E-state index is 12.1. The summed E-state index contributed by atoms with van der Waals surface area (Å²) in [6, 6.07) is 5.03. The fraction of sp³-hybridized carbons (Fsp3) is 0.429. The number of nitrogens with one attached hydrogen (secondary N) is 3. The normalized spacial score (nSPS) is 16.1. The molecule has 1 aliphatic heterocycles. The highest BCUT2D eigenvalue weighted by atomic mass is 35.5. The Bertz CT molecular complexity index is 529. The van der Waals surface area contributed by atoms with Crippen molar-refractivity contribution in [2.75, 3.05) is 23.7 Å². The fourth-order valence-electron chi connectivity index (χ4n) is 2.02. The highest BCUT2D eigenvalue weighted by Gasteiger charge is 2.28. The molecule has 0 spiro atoms. The molecule has 1 fully saturated rings. The lowest BCUT2D eigenvalue weighted by Crippen LogP contribution is -2.48. The highest BCUT2D eigenvalue weighted by molar-refractivity contribution is 6.34. The van der Waals surface area contributed by atoms with Gasteiger partial charge >= 0.3 is 0 Å². The predicted molar refractivity (Wildman–Crippen MR) is 79.9 cm³/mol. The van der Waals surface area contributed by atoms with Gasteiger partial charge in [0.1, 0.15) is 0 Å². The Balaban J connectivity index is 2.00. The number of amides is 2. The summed E-state index contributed by atoms with van der Waals surface area (Å²) in [7, 11) is 0. The standard InChI is InChI=1S/C14H18ClN3O2/c1-8(10-6-16-7-10)14(20)18-11-3-4-13(12(15)5-11)17-9(2)19/h3-5,8,10,16H,6-7H2,1-2H3,(H,17,19)(H,18,20). The average molecular weight is 296 g/mol. The van der Waals surface area contributed by atoms with Crippen molar-refractivity contribution in [3.8, 4) is 0 Å². The van der Waals surface area contributed by atoms with Crippen LogP contribution >= 0.6 is 11.6 Å². The molecule has 0 bridgehead atoms. The molecule has 5 nitrogen and oxygen atoms in total. The van der Waals surface area contributed by atoms with Gasteiger partial charge in [-0.05, 0) is 37.2 Å². The number of rotatable bonds is 4. The van der Waals surface area contributed by atoms with Gasteiger partial charge in [0.05, 0.1) is 10.7 Å². The molecule has 1 atom stereocenters. The molecule has 1 aromatic carbocycles. The van der Waals surface area contributed by atoms with Gasteiger partial charge in [-0.3, -0.25) is 9.59 Å². The van der Waals surface area contributed by atoms with Crippen LogP contribution in [0, 0.1) is 11.8 Å². The lowest BCUT2D eigenvalue weighted by atomic mass is 9.88. The van der Waals surface area contributed by atoms with Crippen molar-refractivity contribution in [2.24, 2.45) is 11.8 Å². The van der Waals surface area contributed by atoms with Gasteiger partial charge in [-0.1, -0.05) is 18.5 Å². The molecule has 1 saturated heterocycles. The monoisotopic (exact) mass is 295 g/mol. The van der Waals surface area contributed by atoms with E-state index in [-0.39, 0.29) is 17.7 Å². The van der Waals surface area contributed by atoms with Crippen LogP contribution in [0.1, 0.15) is 13.8 Å². The van der Waals surface area contributed by atoms with Crippen molar-refractivity contribution in [3.63, 3.8) is 0 Å². The molecular formula is C14H18ClN3O2. The summed E-state index contributed by atoms with van der Waals surface area (Å²) in [5.74, 6) is 0.156. The summed E-state index contributed by atoms with van der Waals surface area (Å²) < 4.78 is 0. The van der Waals surface area contributed by atoms with Gasteiger partial charge in [0.15, 0.2) is 0 Å². The van der Waals surface area contributed by atoms with Crippen LogP contribution in [0.2, 0.25) is 5.02 Å². The molecule has 1 unspecified atom stereocenters. The summed E-state index contributed by atoms with van der Waals surface area (Å²) in [4.78, 5) is 23.1. The molecule has 2 rings (SSSR count). The second-order valence-electron chi connectivity index (χ2n) is 5.07. The molecule has 1 heterocycles. The lowest BCUT2D eigenvalue weighted by Gasteiger charge is -2.31. The quantitative estimate of drug-likeness (QED) is 0.796. The number of carbonyl (C=O) groups is 2. The van der Waals surface area contributed by atoms with Crippen LogP contribution in [-0.2, 0) is 9.59 Å². The first-order chi connectivity index (χ1) is 9.47. The van der Waals surface area contributed by atoms with Crippen LogP contribution in [0.4, 0.5) is 11.4 Å². The van der Waals surface area contributed by atoms with Crippen molar-refractivity contribution in [2.45, 2.75) is 13.8 Å². The Morgan fingerprint density at radius 2 is 2.05 bits per heavy atom. The summed E-state index contributed by atoms with van der Waals surface area (Å²) in [5, 5.41) is 9.02. The number of benzene rings is 1. The molecule has 2 amide bonds. The Labute approximate surface area is 123 Å². The number of carbonyl (C=O) groups excluding carboxylic acids is 2. The number of hydrogen-bond donors (Lipinski definition) is 3. The van der Waals surface area contributed by atoms with E-state index in [4.69, 9.17) is 11.6 Å². The van der Waals surface area contributed by atoms with Crippen molar-refractivity contribution in [1.82, 2.24) is 5.32 Å². The fourth-order valence-corrected chi connectivity index (χ4v) is 2.25. The smallest absolute Gasteiger partial charge is 0.227 e. The zero-order valence-corrected chi connectivity index (χ0v) is 12.3. The van der Waals surface area contributed by atoms with Gasteiger partial charge in [-0.15, -0.1) is 0 Å². The van der Waals surface area contributed by atoms with Gasteiger partial charge in [0.25, 0.3) is 0 Å². The van der Waals surface area contributed by atoms with Crippen molar-refractivity contribution in [1.29, 1.82) is 0 Å². The van der Waals surface area contributed by atoms with E-state index >= 15 is 0 Å². The van der Waals surface area contributed by atoms with E-state index in [2.05, 4.69) is 16.0 Å². The van der Waals surface area contributed by atoms with E-state index in [0.29, 0.717) is 22.3 Å². The highest BCUT2D eigenvalue weighted by Crippen LogP contribution is 2.26. The SMILES string of the molecule is CC(=O)Nc1ccc(NC(=O)C(C)C2CNC2)cc1Cl. The van der Waals surface area contributed by atoms with Crippen LogP contribution in [0.5, 0.6) is 0 Å². The number of hydrogen-bond acceptors (Lipinski definition) is 3. The second-order valence-corrected chi connectivity index (χ2v) is 5.48. The van der Waals surface area contributed by atoms with Gasteiger partial charge in [-0.2, -0.15) is 0 Å². The third-order valence-electron chi connectivity index (χ3n) is 3.48. The summed E-state index contributed by atoms with van der Waals surface area (Å²) >= 11 is 6.06. The van der Waals surface area contributed by atoms with Gasteiger partial charge in [-0.25, -0.2) is 0 Å². The predicted octanol–water partition coefficient (Wildman–Crippen LogP) is 2.09. The molecule has 1 aliphatic rings. The third kappa shape index (κ3) is 3.49. The minimum Gasteiger partial charge on any atom is -0.326 e. The van der Waals surface area contributed by atoms with Crippen LogP contribution in [0.25, 0.3) is 0 Å². The Kier molecular flexibility index (Phi) is 4.62. The average Bonchev–Trinajstić information content (AvgIpc) is 2.30. The molecular weight excluding hydrogens is 278 g/mol. The topological polar surface area (TPSA) is 70.2 Å². The molecule has 6 heteroatoms. The summed E-state index contributed by atoms with van der Waals surface area (Å²) in [5.41, 5.74) is 1.17. The molecule has 3 N–H and O–H groups in total. The first-order valence-electron chi connectivity index (χ1n) is 6.56. The van der Waals surface area contributed by atoms with Crippen molar-refractivity contribution >= 4 is 34.8 Å². The molecule has 0 saturated carbocycles. The minimum absolute atomic E-state index is 0.0140. The first-order valence-corrected chi connectivity index (χ1v) is 6.94. The van der Waals surface area contributed by atoms with Crippen molar-refractivity contribution in [3.05, 3.63) is 23.2 Å². The van der Waals surface area contributed by atoms with E-state index in [9.17, 15) is 9.59 Å². The van der Waals surface area contributed by atoms with Crippen LogP contribution in [-0.4, -0.2) is 24.9 Å². The minimum atomic E-state index is -0.185. The summed E-state index contributed by atoms with van der Waals surface area (Å²) in [6.07, 6.45) is 0. The maximum absolute atomic E-state index is 12.1. The number of anilines is 2. The Morgan fingerprint density at radius 3 is 2.55 bits per heavy atom. The van der Waals surface area contributed by atoms with E-state index in [0.717, 1.165) is 13.1 Å². The summed E-state index contributed by atoms with van der Waals surface area (Å²) in [6.45, 7) is 5.11. The van der Waals surface area contributed by atoms with Gasteiger partial charge in [0.2, 0.25) is 11.8 Å². The molecule has 1 aromatic rings. The van der Waals surface area contributed by atoms with Crippen molar-refractivity contribution < 1.29 is 9.59 Å². The zero-order chi connectivity index (χ0) is 14.7. The van der Waals surface area contributed by atoms with Crippen LogP contribution in [0.3, 0.4) is 0 Å². The van der Waals surface area contributed by atoms with Gasteiger partial charge in [0, 0.05) is 18.5 Å². The molecule has 108 valence electrons. The third-order valence-corrected chi connectivity index (χ3v) is 3.79. The first kappa shape index (κ1) is 14.8. The Morgan fingerprint density at radius 1 is 1.35 bits per heavy atom. The van der Waals surface area contributed by atoms with Gasteiger partial charge < -0.3 is 16.0 Å². The maximum Gasteiger partial charge on any atom is 0.227 e. The molecule has 0 aromatic heterocycles. The number of halogens is 1. The molecule has 0 aliphatic carbocycles. The second kappa shape index (κ2) is 6.24. The molecule has 0 radical (unpaired) electrons. The molecule has 20 heavy (non-hydrogen) atoms. The lowest BCUT2D eigenvalue weighted by molar-refractivity contribution is -0.121. The van der Waals surface area contributed by atoms with Crippen LogP contribution in [0.15, 0.2) is 18.2 Å². The Hall–Kier alpha value is -1.59.